The zero-order valence-electron chi connectivity index (χ0n) is 10.7. The van der Waals surface area contributed by atoms with E-state index in [1.165, 1.54) is 24.1 Å². The van der Waals surface area contributed by atoms with Crippen LogP contribution in [0.1, 0.15) is 32.3 Å². The van der Waals surface area contributed by atoms with Gasteiger partial charge in [-0.3, -0.25) is 0 Å². The molecule has 2 N–H and O–H groups in total. The highest BCUT2D eigenvalue weighted by atomic mass is 15.1. The molecule has 0 atom stereocenters. The van der Waals surface area contributed by atoms with E-state index in [1.54, 1.807) is 0 Å². The minimum atomic E-state index is -0.127. The zero-order valence-corrected chi connectivity index (χ0v) is 10.7. The summed E-state index contributed by atoms with van der Waals surface area (Å²) in [5.74, 6) is 0. The molecule has 2 nitrogen and oxygen atoms in total. The number of benzene rings is 1. The van der Waals surface area contributed by atoms with Gasteiger partial charge in [0.05, 0.1) is 0 Å². The van der Waals surface area contributed by atoms with Crippen LogP contribution >= 0.6 is 0 Å². The van der Waals surface area contributed by atoms with Gasteiger partial charge >= 0.3 is 0 Å². The van der Waals surface area contributed by atoms with Crippen molar-refractivity contribution in [1.82, 2.24) is 0 Å². The van der Waals surface area contributed by atoms with Crippen molar-refractivity contribution in [2.24, 2.45) is 5.73 Å². The van der Waals surface area contributed by atoms with Crippen molar-refractivity contribution in [3.05, 3.63) is 29.8 Å². The number of hydrogen-bond donors (Lipinski definition) is 1. The fraction of sp³-hybridized carbons (Fsp3) is 0.571. The van der Waals surface area contributed by atoms with E-state index in [0.29, 0.717) is 0 Å². The summed E-state index contributed by atoms with van der Waals surface area (Å²) in [4.78, 5) is 2.14. The normalized spacial score (nSPS) is 18.3. The van der Waals surface area contributed by atoms with Crippen LogP contribution in [0.15, 0.2) is 24.3 Å². The Bertz CT molecular complexity index is 384. The Hall–Kier alpha value is -1.02. The van der Waals surface area contributed by atoms with Crippen LogP contribution in [0.3, 0.4) is 0 Å². The molecule has 0 unspecified atom stereocenters. The lowest BCUT2D eigenvalue weighted by molar-refractivity contribution is 0.391. The Morgan fingerprint density at radius 2 is 1.88 bits per heavy atom. The summed E-state index contributed by atoms with van der Waals surface area (Å²) in [5.41, 5.74) is 9.05. The molecule has 0 saturated heterocycles. The third-order valence-corrected chi connectivity index (χ3v) is 3.90. The van der Waals surface area contributed by atoms with Crippen molar-refractivity contribution in [1.29, 1.82) is 0 Å². The number of anilines is 1. The van der Waals surface area contributed by atoms with Crippen LogP contribution < -0.4 is 10.6 Å². The minimum Gasteiger partial charge on any atom is -0.378 e. The Labute approximate surface area is 98.4 Å². The Balaban J connectivity index is 2.38. The Morgan fingerprint density at radius 1 is 1.25 bits per heavy atom. The summed E-state index contributed by atoms with van der Waals surface area (Å²) in [7, 11) is 4.15. The van der Waals surface area contributed by atoms with Crippen molar-refractivity contribution in [2.75, 3.05) is 19.0 Å². The third kappa shape index (κ3) is 1.71. The first-order valence-corrected chi connectivity index (χ1v) is 5.94. The fourth-order valence-corrected chi connectivity index (χ4v) is 2.51. The molecule has 1 saturated carbocycles. The maximum atomic E-state index is 6.32. The molecular formula is C14H22N2. The average Bonchev–Trinajstić information content (AvgIpc) is 2.97. The topological polar surface area (TPSA) is 29.3 Å². The van der Waals surface area contributed by atoms with Gasteiger partial charge in [0.25, 0.3) is 0 Å². The molecule has 0 radical (unpaired) electrons. The lowest BCUT2D eigenvalue weighted by Gasteiger charge is -2.32. The average molecular weight is 218 g/mol. The quantitative estimate of drug-likeness (QED) is 0.844. The molecule has 1 aliphatic carbocycles. The van der Waals surface area contributed by atoms with Crippen molar-refractivity contribution in [3.8, 4) is 0 Å². The second-order valence-corrected chi connectivity index (χ2v) is 5.75. The van der Waals surface area contributed by atoms with Crippen LogP contribution in [0, 0.1) is 0 Å². The van der Waals surface area contributed by atoms with Crippen molar-refractivity contribution >= 4 is 5.69 Å². The van der Waals surface area contributed by atoms with E-state index in [0.717, 1.165) is 0 Å². The number of hydrogen-bond acceptors (Lipinski definition) is 2. The maximum absolute atomic E-state index is 6.32. The van der Waals surface area contributed by atoms with Crippen molar-refractivity contribution in [3.63, 3.8) is 0 Å². The molecule has 16 heavy (non-hydrogen) atoms. The molecule has 0 aromatic heterocycles. The predicted octanol–water partition coefficient (Wildman–Crippen LogP) is 2.52. The molecular weight excluding hydrogens is 196 g/mol. The molecule has 0 bridgehead atoms. The Kier molecular flexibility index (Phi) is 2.50. The largest absolute Gasteiger partial charge is 0.378 e. The predicted molar refractivity (Wildman–Crippen MR) is 69.9 cm³/mol. The minimum absolute atomic E-state index is 0.127. The standard InChI is InChI=1S/C14H22N2/c1-13(2,15)14(8-9-14)11-6-5-7-12(10-11)16(3)4/h5-7,10H,8-9,15H2,1-4H3. The second-order valence-electron chi connectivity index (χ2n) is 5.75. The van der Waals surface area contributed by atoms with E-state index in [-0.39, 0.29) is 11.0 Å². The van der Waals surface area contributed by atoms with E-state index < -0.39 is 0 Å². The van der Waals surface area contributed by atoms with E-state index in [4.69, 9.17) is 5.73 Å². The molecule has 2 rings (SSSR count). The summed E-state index contributed by atoms with van der Waals surface area (Å²) in [6.45, 7) is 4.28. The summed E-state index contributed by atoms with van der Waals surface area (Å²) < 4.78 is 0. The number of nitrogens with zero attached hydrogens (tertiary/aromatic N) is 1. The monoisotopic (exact) mass is 218 g/mol. The molecule has 0 aliphatic heterocycles. The van der Waals surface area contributed by atoms with Crippen LogP contribution in [-0.4, -0.2) is 19.6 Å². The Morgan fingerprint density at radius 3 is 2.31 bits per heavy atom. The van der Waals surface area contributed by atoms with E-state index in [1.807, 2.05) is 0 Å². The van der Waals surface area contributed by atoms with E-state index >= 15 is 0 Å². The fourth-order valence-electron chi connectivity index (χ4n) is 2.51. The highest BCUT2D eigenvalue weighted by Gasteiger charge is 2.53. The summed E-state index contributed by atoms with van der Waals surface area (Å²) >= 11 is 0. The van der Waals surface area contributed by atoms with Gasteiger partial charge < -0.3 is 10.6 Å². The molecule has 1 aliphatic rings. The number of rotatable bonds is 3. The molecule has 1 fully saturated rings. The first-order valence-electron chi connectivity index (χ1n) is 5.94. The van der Waals surface area contributed by atoms with Gasteiger partial charge in [-0.15, -0.1) is 0 Å². The van der Waals surface area contributed by atoms with Crippen LogP contribution in [0.4, 0.5) is 5.69 Å². The molecule has 0 heterocycles. The highest BCUT2D eigenvalue weighted by molar-refractivity contribution is 5.51. The van der Waals surface area contributed by atoms with Gasteiger partial charge in [0.1, 0.15) is 0 Å². The summed E-state index contributed by atoms with van der Waals surface area (Å²) in [6, 6.07) is 8.77. The van der Waals surface area contributed by atoms with Crippen molar-refractivity contribution in [2.45, 2.75) is 37.6 Å². The lowest BCUT2D eigenvalue weighted by atomic mass is 9.79. The summed E-state index contributed by atoms with van der Waals surface area (Å²) in [6.07, 6.45) is 2.43. The van der Waals surface area contributed by atoms with Gasteiger partial charge in [-0.2, -0.15) is 0 Å². The molecule has 88 valence electrons. The van der Waals surface area contributed by atoms with Gasteiger partial charge in [0, 0.05) is 30.7 Å². The maximum Gasteiger partial charge on any atom is 0.0363 e. The lowest BCUT2D eigenvalue weighted by Crippen LogP contribution is -2.45. The van der Waals surface area contributed by atoms with Crippen LogP contribution in [0.25, 0.3) is 0 Å². The smallest absolute Gasteiger partial charge is 0.0363 e. The first kappa shape index (κ1) is 11.5. The van der Waals surface area contributed by atoms with Gasteiger partial charge in [-0.25, -0.2) is 0 Å². The second kappa shape index (κ2) is 3.49. The molecule has 0 amide bonds. The van der Waals surface area contributed by atoms with Crippen LogP contribution in [-0.2, 0) is 5.41 Å². The van der Waals surface area contributed by atoms with Crippen LogP contribution in [0.2, 0.25) is 0 Å². The molecule has 1 aromatic carbocycles. The van der Waals surface area contributed by atoms with Gasteiger partial charge in [-0.1, -0.05) is 12.1 Å². The number of nitrogens with two attached hydrogens (primary N) is 1. The highest BCUT2D eigenvalue weighted by Crippen LogP contribution is 2.55. The zero-order chi connectivity index (χ0) is 12.0. The molecule has 2 heteroatoms. The van der Waals surface area contributed by atoms with Crippen molar-refractivity contribution < 1.29 is 0 Å². The van der Waals surface area contributed by atoms with Crippen LogP contribution in [0.5, 0.6) is 0 Å². The van der Waals surface area contributed by atoms with Gasteiger partial charge in [0.2, 0.25) is 0 Å². The molecule has 0 spiro atoms. The van der Waals surface area contributed by atoms with E-state index in [2.05, 4.69) is 57.1 Å². The third-order valence-electron chi connectivity index (χ3n) is 3.90. The van der Waals surface area contributed by atoms with E-state index in [9.17, 15) is 0 Å². The van der Waals surface area contributed by atoms with Gasteiger partial charge in [-0.05, 0) is 44.4 Å². The SMILES string of the molecule is CN(C)c1cccc(C2(C(C)(C)N)CC2)c1. The first-order chi connectivity index (χ1) is 7.37. The van der Waals surface area contributed by atoms with Gasteiger partial charge in [0.15, 0.2) is 0 Å². The summed E-state index contributed by atoms with van der Waals surface area (Å²) in [5, 5.41) is 0. The molecule has 1 aromatic rings.